The largest absolute Gasteiger partial charge is 0.462 e. The normalized spacial score (nSPS) is 12.2. The summed E-state index contributed by atoms with van der Waals surface area (Å²) in [5.74, 6) is -0.852. The van der Waals surface area contributed by atoms with Gasteiger partial charge in [-0.05, 0) is 96.3 Å². The van der Waals surface area contributed by atoms with Gasteiger partial charge in [0.25, 0.3) is 0 Å². The second-order valence-corrected chi connectivity index (χ2v) is 25.2. The summed E-state index contributed by atoms with van der Waals surface area (Å²) in [7, 11) is 0. The van der Waals surface area contributed by atoms with Crippen LogP contribution in [0.2, 0.25) is 0 Å². The number of carbonyl (C=O) groups excluding carboxylic acids is 3. The van der Waals surface area contributed by atoms with Gasteiger partial charge in [0, 0.05) is 19.3 Å². The molecular formula is C76H142O6. The third-order valence-electron chi connectivity index (χ3n) is 16.8. The smallest absolute Gasteiger partial charge is 0.306 e. The summed E-state index contributed by atoms with van der Waals surface area (Å²) in [6.45, 7) is 6.70. The van der Waals surface area contributed by atoms with E-state index in [1.807, 2.05) is 0 Å². The van der Waals surface area contributed by atoms with E-state index in [1.54, 1.807) is 0 Å². The van der Waals surface area contributed by atoms with Gasteiger partial charge >= 0.3 is 17.9 Å². The van der Waals surface area contributed by atoms with Crippen molar-refractivity contribution < 1.29 is 28.6 Å². The molecule has 0 spiro atoms. The summed E-state index contributed by atoms with van der Waals surface area (Å²) in [6, 6.07) is 0. The van der Waals surface area contributed by atoms with Crippen LogP contribution in [0.15, 0.2) is 36.5 Å². The van der Waals surface area contributed by atoms with E-state index < -0.39 is 6.10 Å². The third kappa shape index (κ3) is 68.4. The molecule has 0 rings (SSSR count). The van der Waals surface area contributed by atoms with E-state index in [2.05, 4.69) is 57.2 Å². The predicted octanol–water partition coefficient (Wildman–Crippen LogP) is 25.5. The van der Waals surface area contributed by atoms with Crippen molar-refractivity contribution in [1.29, 1.82) is 0 Å². The molecule has 482 valence electrons. The van der Waals surface area contributed by atoms with E-state index in [1.165, 1.54) is 308 Å². The fourth-order valence-electron chi connectivity index (χ4n) is 11.3. The lowest BCUT2D eigenvalue weighted by Crippen LogP contribution is -2.30. The Hall–Kier alpha value is -2.37. The van der Waals surface area contributed by atoms with Gasteiger partial charge in [-0.25, -0.2) is 0 Å². The SMILES string of the molecule is CCCCCCC/C=C\CCCCCCCC(=O)OCC(COC(=O)CCCCCCCCCCCCCCCCCCC/C=C\CCCCCCCCCC)OC(=O)CCCCCCCCCCC/C=C\CCCCCCCCCC. The van der Waals surface area contributed by atoms with Crippen molar-refractivity contribution in [1.82, 2.24) is 0 Å². The first-order chi connectivity index (χ1) is 40.5. The van der Waals surface area contributed by atoms with Gasteiger partial charge in [0.1, 0.15) is 13.2 Å². The number of allylic oxidation sites excluding steroid dienone is 6. The summed E-state index contributed by atoms with van der Waals surface area (Å²) < 4.78 is 17.0. The Morgan fingerprint density at radius 3 is 0.610 bits per heavy atom. The van der Waals surface area contributed by atoms with Crippen molar-refractivity contribution in [2.75, 3.05) is 13.2 Å². The van der Waals surface area contributed by atoms with Crippen molar-refractivity contribution in [3.8, 4) is 0 Å². The Kier molecular flexibility index (Phi) is 69.1. The fourth-order valence-corrected chi connectivity index (χ4v) is 11.3. The highest BCUT2D eigenvalue weighted by Gasteiger charge is 2.19. The number of hydrogen-bond acceptors (Lipinski definition) is 6. The van der Waals surface area contributed by atoms with Crippen molar-refractivity contribution in [2.24, 2.45) is 0 Å². The lowest BCUT2D eigenvalue weighted by atomic mass is 10.0. The minimum Gasteiger partial charge on any atom is -0.462 e. The average Bonchev–Trinajstić information content (AvgIpc) is 3.48. The maximum Gasteiger partial charge on any atom is 0.306 e. The van der Waals surface area contributed by atoms with Gasteiger partial charge < -0.3 is 14.2 Å². The Labute approximate surface area is 512 Å². The number of rotatable bonds is 69. The van der Waals surface area contributed by atoms with Crippen LogP contribution in [0.4, 0.5) is 0 Å². The molecule has 0 amide bonds. The Bertz CT molecular complexity index is 1370. The van der Waals surface area contributed by atoms with Crippen molar-refractivity contribution in [2.45, 2.75) is 419 Å². The molecule has 0 fully saturated rings. The Morgan fingerprint density at radius 1 is 0.232 bits per heavy atom. The number of hydrogen-bond donors (Lipinski definition) is 0. The first kappa shape index (κ1) is 79.6. The maximum absolute atomic E-state index is 13.0. The van der Waals surface area contributed by atoms with Crippen molar-refractivity contribution in [3.63, 3.8) is 0 Å². The number of ether oxygens (including phenoxy) is 3. The first-order valence-corrected chi connectivity index (χ1v) is 37.0. The molecule has 0 aliphatic carbocycles. The molecule has 1 unspecified atom stereocenters. The molecule has 0 saturated carbocycles. The van der Waals surface area contributed by atoms with Crippen LogP contribution >= 0.6 is 0 Å². The summed E-state index contributed by atoms with van der Waals surface area (Å²) in [5.41, 5.74) is 0. The maximum atomic E-state index is 13.0. The van der Waals surface area contributed by atoms with E-state index in [-0.39, 0.29) is 31.1 Å². The average molecular weight is 1150 g/mol. The molecule has 82 heavy (non-hydrogen) atoms. The van der Waals surface area contributed by atoms with Gasteiger partial charge in [-0.1, -0.05) is 333 Å². The highest BCUT2D eigenvalue weighted by Crippen LogP contribution is 2.18. The lowest BCUT2D eigenvalue weighted by molar-refractivity contribution is -0.167. The van der Waals surface area contributed by atoms with Crippen LogP contribution in [-0.4, -0.2) is 37.2 Å². The van der Waals surface area contributed by atoms with Gasteiger partial charge in [0.2, 0.25) is 0 Å². The molecule has 0 aromatic heterocycles. The molecule has 1 atom stereocenters. The summed E-state index contributed by atoms with van der Waals surface area (Å²) >= 11 is 0. The topological polar surface area (TPSA) is 78.9 Å². The van der Waals surface area contributed by atoms with E-state index in [0.29, 0.717) is 19.3 Å². The second-order valence-electron chi connectivity index (χ2n) is 25.2. The molecule has 0 saturated heterocycles. The van der Waals surface area contributed by atoms with Gasteiger partial charge in [-0.3, -0.25) is 14.4 Å². The number of carbonyl (C=O) groups is 3. The monoisotopic (exact) mass is 1150 g/mol. The summed E-state index contributed by atoms with van der Waals surface area (Å²) in [5, 5.41) is 0. The minimum absolute atomic E-state index is 0.0709. The molecule has 0 aliphatic heterocycles. The molecular weight excluding hydrogens is 1010 g/mol. The molecule has 0 aromatic carbocycles. The van der Waals surface area contributed by atoms with E-state index in [9.17, 15) is 14.4 Å². The lowest BCUT2D eigenvalue weighted by Gasteiger charge is -2.18. The predicted molar refractivity (Wildman–Crippen MR) is 358 cm³/mol. The van der Waals surface area contributed by atoms with Crippen LogP contribution in [-0.2, 0) is 28.6 Å². The van der Waals surface area contributed by atoms with Crippen LogP contribution in [0.5, 0.6) is 0 Å². The zero-order chi connectivity index (χ0) is 59.2. The molecule has 0 bridgehead atoms. The zero-order valence-electron chi connectivity index (χ0n) is 55.5. The molecule has 6 nitrogen and oxygen atoms in total. The van der Waals surface area contributed by atoms with Crippen LogP contribution < -0.4 is 0 Å². The minimum atomic E-state index is -0.776. The molecule has 0 aliphatic rings. The van der Waals surface area contributed by atoms with Gasteiger partial charge in [0.05, 0.1) is 0 Å². The molecule has 0 aromatic rings. The van der Waals surface area contributed by atoms with Crippen LogP contribution in [0.3, 0.4) is 0 Å². The zero-order valence-corrected chi connectivity index (χ0v) is 55.5. The van der Waals surface area contributed by atoms with Crippen LogP contribution in [0.1, 0.15) is 412 Å². The Balaban J connectivity index is 4.21. The standard InChI is InChI=1S/C76H142O6/c1-4-7-10-13-16-19-22-25-28-30-32-34-35-36-37-38-39-40-41-43-44-46-48-51-54-57-60-63-66-69-75(78)81-72-73(71-80-74(77)68-65-62-59-56-53-50-27-24-21-18-15-12-9-6-3)82-76(79)70-67-64-61-58-55-52-49-47-45-42-33-31-29-26-23-20-17-14-11-8-5-2/h24,27,30-33,73H,4-23,25-26,28-29,34-72H2,1-3H3/b27-24-,32-30-,33-31-. The highest BCUT2D eigenvalue weighted by atomic mass is 16.6. The van der Waals surface area contributed by atoms with E-state index >= 15 is 0 Å². The molecule has 0 heterocycles. The van der Waals surface area contributed by atoms with E-state index in [4.69, 9.17) is 14.2 Å². The van der Waals surface area contributed by atoms with Gasteiger partial charge in [0.15, 0.2) is 6.10 Å². The second kappa shape index (κ2) is 71.1. The molecule has 6 heteroatoms. The Morgan fingerprint density at radius 2 is 0.402 bits per heavy atom. The van der Waals surface area contributed by atoms with Crippen LogP contribution in [0, 0.1) is 0 Å². The number of unbranched alkanes of at least 4 members (excludes halogenated alkanes) is 52. The highest BCUT2D eigenvalue weighted by molar-refractivity contribution is 5.71. The van der Waals surface area contributed by atoms with Gasteiger partial charge in [-0.15, -0.1) is 0 Å². The fraction of sp³-hybridized carbons (Fsp3) is 0.882. The first-order valence-electron chi connectivity index (χ1n) is 37.0. The van der Waals surface area contributed by atoms with Crippen LogP contribution in [0.25, 0.3) is 0 Å². The van der Waals surface area contributed by atoms with Crippen molar-refractivity contribution >= 4 is 17.9 Å². The molecule has 0 radical (unpaired) electrons. The summed E-state index contributed by atoms with van der Waals surface area (Å²) in [4.78, 5) is 38.5. The summed E-state index contributed by atoms with van der Waals surface area (Å²) in [6.07, 6.45) is 89.0. The quantitative estimate of drug-likeness (QED) is 0.0261. The van der Waals surface area contributed by atoms with E-state index in [0.717, 1.165) is 64.2 Å². The molecule has 0 N–H and O–H groups in total. The van der Waals surface area contributed by atoms with Gasteiger partial charge in [-0.2, -0.15) is 0 Å². The number of esters is 3. The third-order valence-corrected chi connectivity index (χ3v) is 16.8. The van der Waals surface area contributed by atoms with Crippen molar-refractivity contribution in [3.05, 3.63) is 36.5 Å².